The standard InChI is InChI=1S/C37H55O4S2.3CH3.Sn/c1-4-6-8-10-12-14-16-18-20-22-25-40-36(38)32-30-24-27-42-34(30)33(31-28-29(3)43-35(31)32)37(39)41-26-23-21-19-17-15-13-11-9-7-5-2;;;;/h24,28H,4-23,25-26H2,1-3H3;3*1H3;. The van der Waals surface area contributed by atoms with Crippen LogP contribution in [0.1, 0.15) is 168 Å². The minimum atomic E-state index is -2.51. The zero-order chi connectivity index (χ0) is 34.1. The zero-order valence-corrected chi connectivity index (χ0v) is 35.1. The Balaban J connectivity index is 1.64. The predicted molar refractivity (Wildman–Crippen MR) is 209 cm³/mol. The molecular weight excluding hydrogens is 727 g/mol. The SMILES string of the molecule is CCCCCCCCCCCCOC(=O)c1c2c[c]([Sn]([CH3])([CH3])[CH3])sc2c(C(=O)OCCCCCCCCCCCC)c2cc(C)sc12. The summed E-state index contributed by atoms with van der Waals surface area (Å²) in [4.78, 5) is 35.8. The number of ether oxygens (including phenoxy) is 2. The van der Waals surface area contributed by atoms with Crippen molar-refractivity contribution in [3.63, 3.8) is 0 Å². The molecule has 0 unspecified atom stereocenters. The number of hydrogen-bond donors (Lipinski definition) is 0. The van der Waals surface area contributed by atoms with Crippen LogP contribution in [0.5, 0.6) is 0 Å². The van der Waals surface area contributed by atoms with Crippen LogP contribution in [-0.4, -0.2) is 43.5 Å². The molecule has 0 atom stereocenters. The molecule has 0 aliphatic rings. The van der Waals surface area contributed by atoms with E-state index in [1.54, 1.807) is 22.7 Å². The Morgan fingerprint density at radius 1 is 0.553 bits per heavy atom. The summed E-state index contributed by atoms with van der Waals surface area (Å²) < 4.78 is 15.0. The summed E-state index contributed by atoms with van der Waals surface area (Å²) in [6, 6.07) is 4.27. The van der Waals surface area contributed by atoms with E-state index in [4.69, 9.17) is 9.47 Å². The van der Waals surface area contributed by atoms with Gasteiger partial charge in [-0.05, 0) is 0 Å². The van der Waals surface area contributed by atoms with Crippen LogP contribution in [0, 0.1) is 6.92 Å². The van der Waals surface area contributed by atoms with E-state index in [-0.39, 0.29) is 11.9 Å². The van der Waals surface area contributed by atoms with Gasteiger partial charge in [0.1, 0.15) is 0 Å². The van der Waals surface area contributed by atoms with Crippen molar-refractivity contribution in [3.05, 3.63) is 28.1 Å². The first-order chi connectivity index (χ1) is 22.7. The van der Waals surface area contributed by atoms with Crippen LogP contribution in [0.3, 0.4) is 0 Å². The quantitative estimate of drug-likeness (QED) is 0.0487. The number of benzene rings is 1. The van der Waals surface area contributed by atoms with Crippen molar-refractivity contribution in [2.24, 2.45) is 0 Å². The van der Waals surface area contributed by atoms with Crippen molar-refractivity contribution in [1.82, 2.24) is 0 Å². The molecule has 47 heavy (non-hydrogen) atoms. The zero-order valence-electron chi connectivity index (χ0n) is 30.7. The maximum absolute atomic E-state index is 13.8. The molecule has 2 aromatic heterocycles. The summed E-state index contributed by atoms with van der Waals surface area (Å²) in [5.41, 5.74) is 1.29. The number of hydrogen-bond acceptors (Lipinski definition) is 6. The molecule has 7 heteroatoms. The number of carbonyl (C=O) groups is 2. The van der Waals surface area contributed by atoms with Gasteiger partial charge in [0.25, 0.3) is 0 Å². The Hall–Kier alpha value is -1.12. The van der Waals surface area contributed by atoms with Gasteiger partial charge in [0.05, 0.1) is 0 Å². The van der Waals surface area contributed by atoms with Gasteiger partial charge in [-0.25, -0.2) is 0 Å². The van der Waals surface area contributed by atoms with Gasteiger partial charge in [-0.1, -0.05) is 78.1 Å². The second-order valence-corrected chi connectivity index (χ2v) is 32.3. The fraction of sp³-hybridized carbons (Fsp3) is 0.700. The van der Waals surface area contributed by atoms with Gasteiger partial charge >= 0.3 is 222 Å². The minimum absolute atomic E-state index is 0.253. The van der Waals surface area contributed by atoms with E-state index in [9.17, 15) is 9.59 Å². The van der Waals surface area contributed by atoms with Gasteiger partial charge in [-0.15, -0.1) is 0 Å². The van der Waals surface area contributed by atoms with Gasteiger partial charge in [0, 0.05) is 0 Å². The second kappa shape index (κ2) is 21.9. The van der Waals surface area contributed by atoms with Gasteiger partial charge in [-0.2, -0.15) is 0 Å². The number of thiophene rings is 2. The number of esters is 2. The summed E-state index contributed by atoms with van der Waals surface area (Å²) in [5, 5.41) is 1.72. The van der Waals surface area contributed by atoms with Crippen LogP contribution < -0.4 is 2.89 Å². The molecule has 0 aliphatic heterocycles. The van der Waals surface area contributed by atoms with Crippen LogP contribution in [0.4, 0.5) is 0 Å². The van der Waals surface area contributed by atoms with E-state index in [0.29, 0.717) is 24.3 Å². The molecule has 4 nitrogen and oxygen atoms in total. The third kappa shape index (κ3) is 13.3. The second-order valence-electron chi connectivity index (χ2n) is 14.6. The van der Waals surface area contributed by atoms with Crippen molar-refractivity contribution < 1.29 is 19.1 Å². The topological polar surface area (TPSA) is 52.6 Å². The van der Waals surface area contributed by atoms with E-state index >= 15 is 0 Å². The van der Waals surface area contributed by atoms with Crippen LogP contribution in [-0.2, 0) is 9.47 Å². The Morgan fingerprint density at radius 2 is 0.915 bits per heavy atom. The Morgan fingerprint density at radius 3 is 1.32 bits per heavy atom. The maximum atomic E-state index is 13.8. The third-order valence-electron chi connectivity index (χ3n) is 9.19. The number of carbonyl (C=O) groups excluding carboxylic acids is 2. The van der Waals surface area contributed by atoms with Crippen LogP contribution in [0.2, 0.25) is 14.8 Å². The number of rotatable bonds is 25. The van der Waals surface area contributed by atoms with E-state index in [2.05, 4.69) is 40.8 Å². The van der Waals surface area contributed by atoms with Gasteiger partial charge in [0.15, 0.2) is 0 Å². The molecule has 1 aromatic carbocycles. The monoisotopic (exact) mass is 792 g/mol. The first kappa shape index (κ1) is 40.3. The molecule has 3 rings (SSSR count). The summed E-state index contributed by atoms with van der Waals surface area (Å²) in [6.07, 6.45) is 25.0. The number of aryl methyl sites for hydroxylation is 1. The first-order valence-corrected chi connectivity index (χ1v) is 30.7. The summed E-state index contributed by atoms with van der Waals surface area (Å²) >= 11 is 0.792. The summed E-state index contributed by atoms with van der Waals surface area (Å²) in [6.45, 7) is 7.46. The van der Waals surface area contributed by atoms with Crippen molar-refractivity contribution in [2.45, 2.75) is 164 Å². The molecule has 0 saturated carbocycles. The van der Waals surface area contributed by atoms with E-state index in [1.165, 1.54) is 106 Å². The molecule has 0 fully saturated rings. The van der Waals surface area contributed by atoms with Crippen molar-refractivity contribution in [3.8, 4) is 0 Å². The average molecular weight is 792 g/mol. The van der Waals surface area contributed by atoms with E-state index in [0.717, 1.165) is 50.7 Å². The normalized spacial score (nSPS) is 12.0. The molecule has 0 saturated heterocycles. The molecule has 0 aliphatic carbocycles. The summed E-state index contributed by atoms with van der Waals surface area (Å²) in [5.74, 6) is -0.506. The van der Waals surface area contributed by atoms with Crippen LogP contribution in [0.15, 0.2) is 12.1 Å². The number of fused-ring (bicyclic) bond motifs is 2. The average Bonchev–Trinajstić information content (AvgIpc) is 3.64. The molecule has 0 bridgehead atoms. The molecule has 3 aromatic rings. The molecular formula is C40H64O4S2Sn. The van der Waals surface area contributed by atoms with Crippen LogP contribution in [0.25, 0.3) is 20.2 Å². The first-order valence-electron chi connectivity index (χ1n) is 19.0. The molecule has 0 spiro atoms. The Bertz CT molecular complexity index is 1270. The van der Waals surface area contributed by atoms with Gasteiger partial charge in [-0.3, -0.25) is 0 Å². The fourth-order valence-electron chi connectivity index (χ4n) is 6.32. The van der Waals surface area contributed by atoms with Crippen LogP contribution >= 0.6 is 22.7 Å². The van der Waals surface area contributed by atoms with Gasteiger partial charge < -0.3 is 0 Å². The van der Waals surface area contributed by atoms with Crippen molar-refractivity contribution in [2.75, 3.05) is 13.2 Å². The van der Waals surface area contributed by atoms with E-state index < -0.39 is 18.4 Å². The molecule has 0 amide bonds. The van der Waals surface area contributed by atoms with Crippen molar-refractivity contribution >= 4 is 76.1 Å². The molecule has 2 heterocycles. The van der Waals surface area contributed by atoms with Gasteiger partial charge in [0.2, 0.25) is 0 Å². The predicted octanol–water partition coefficient (Wildman–Crippen LogP) is 13.1. The van der Waals surface area contributed by atoms with E-state index in [1.807, 2.05) is 6.92 Å². The van der Waals surface area contributed by atoms with Crippen molar-refractivity contribution in [1.29, 1.82) is 0 Å². The Labute approximate surface area is 298 Å². The molecule has 0 N–H and O–H groups in total. The Kier molecular flexibility index (Phi) is 18.7. The molecule has 0 radical (unpaired) electrons. The third-order valence-corrected chi connectivity index (χ3v) is 20.8. The number of unbranched alkanes of at least 4 members (excludes halogenated alkanes) is 18. The molecule has 264 valence electrons. The summed E-state index contributed by atoms with van der Waals surface area (Å²) in [7, 11) is 0. The fourth-order valence-corrected chi connectivity index (χ4v) is 13.8.